The van der Waals surface area contributed by atoms with Crippen LogP contribution in [0.1, 0.15) is 78.1 Å². The molecule has 21 heavy (non-hydrogen) atoms. The zero-order valence-electron chi connectivity index (χ0n) is 13.9. The van der Waals surface area contributed by atoms with Crippen molar-refractivity contribution in [3.8, 4) is 0 Å². The third kappa shape index (κ3) is 2.05. The first kappa shape index (κ1) is 14.3. The second-order valence-corrected chi connectivity index (χ2v) is 8.94. The zero-order chi connectivity index (χ0) is 14.6. The van der Waals surface area contributed by atoms with Crippen LogP contribution in [0.25, 0.3) is 0 Å². The van der Waals surface area contributed by atoms with Crippen molar-refractivity contribution in [2.45, 2.75) is 78.1 Å². The van der Waals surface area contributed by atoms with Gasteiger partial charge in [0.05, 0.1) is 0 Å². The van der Waals surface area contributed by atoms with E-state index in [1.807, 2.05) is 0 Å². The van der Waals surface area contributed by atoms with Crippen molar-refractivity contribution in [1.82, 2.24) is 0 Å². The quantitative estimate of drug-likeness (QED) is 0.645. The maximum Gasteiger partial charge on any atom is 0.133 e. The number of hydrogen-bond donors (Lipinski definition) is 0. The van der Waals surface area contributed by atoms with Crippen LogP contribution < -0.4 is 0 Å². The van der Waals surface area contributed by atoms with Gasteiger partial charge in [-0.15, -0.1) is 0 Å². The average molecular weight is 288 g/mol. The molecule has 0 bridgehead atoms. The van der Waals surface area contributed by atoms with E-state index in [4.69, 9.17) is 0 Å². The number of carbonyl (C=O) groups is 1. The molecule has 7 atom stereocenters. The molecule has 0 aromatic rings. The van der Waals surface area contributed by atoms with Crippen molar-refractivity contribution in [3.05, 3.63) is 0 Å². The van der Waals surface area contributed by atoms with Crippen LogP contribution in [0.15, 0.2) is 0 Å². The Morgan fingerprint density at radius 2 is 1.86 bits per heavy atom. The van der Waals surface area contributed by atoms with Crippen LogP contribution in [0.2, 0.25) is 0 Å². The third-order valence-electron chi connectivity index (χ3n) is 8.45. The standard InChI is InChI=1S/C20H32O/c1-3-14-5-9-19-18-7-4-13-12-15(21)6-8-16(13)17(18)10-11-20(14,19)2/h13-14,16-19H,3-12H2,1-2H3/t13-,14+,16+,17-,18-,19+,20-/m1/s1. The van der Waals surface area contributed by atoms with Gasteiger partial charge < -0.3 is 0 Å². The molecule has 0 N–H and O–H groups in total. The lowest BCUT2D eigenvalue weighted by Gasteiger charge is -2.55. The molecule has 0 aromatic heterocycles. The lowest BCUT2D eigenvalue weighted by molar-refractivity contribution is -0.127. The van der Waals surface area contributed by atoms with Crippen LogP contribution >= 0.6 is 0 Å². The number of hydrogen-bond acceptors (Lipinski definition) is 1. The van der Waals surface area contributed by atoms with Crippen molar-refractivity contribution >= 4 is 5.78 Å². The Morgan fingerprint density at radius 1 is 1.00 bits per heavy atom. The first-order valence-electron chi connectivity index (χ1n) is 9.65. The Kier molecular flexibility index (Phi) is 3.47. The Morgan fingerprint density at radius 3 is 2.67 bits per heavy atom. The van der Waals surface area contributed by atoms with Gasteiger partial charge in [-0.3, -0.25) is 4.79 Å². The van der Waals surface area contributed by atoms with Crippen LogP contribution in [0.3, 0.4) is 0 Å². The molecule has 0 spiro atoms. The van der Waals surface area contributed by atoms with Gasteiger partial charge in [-0.25, -0.2) is 0 Å². The molecule has 0 aliphatic heterocycles. The highest BCUT2D eigenvalue weighted by Crippen LogP contribution is 2.64. The average Bonchev–Trinajstić information content (AvgIpc) is 2.83. The largest absolute Gasteiger partial charge is 0.300 e. The molecule has 0 saturated heterocycles. The molecule has 4 aliphatic rings. The summed E-state index contributed by atoms with van der Waals surface area (Å²) in [6, 6.07) is 0. The molecule has 1 nitrogen and oxygen atoms in total. The zero-order valence-corrected chi connectivity index (χ0v) is 13.9. The Labute approximate surface area is 130 Å². The van der Waals surface area contributed by atoms with Gasteiger partial charge in [-0.2, -0.15) is 0 Å². The Balaban J connectivity index is 1.56. The van der Waals surface area contributed by atoms with E-state index in [1.165, 1.54) is 51.4 Å². The van der Waals surface area contributed by atoms with Crippen molar-refractivity contribution in [2.75, 3.05) is 0 Å². The smallest absolute Gasteiger partial charge is 0.133 e. The molecule has 4 saturated carbocycles. The van der Waals surface area contributed by atoms with E-state index >= 15 is 0 Å². The minimum absolute atomic E-state index is 0.558. The molecule has 4 rings (SSSR count). The van der Waals surface area contributed by atoms with Crippen molar-refractivity contribution in [3.63, 3.8) is 0 Å². The molecule has 4 aliphatic carbocycles. The Bertz CT molecular complexity index is 428. The molecule has 0 amide bonds. The van der Waals surface area contributed by atoms with Crippen molar-refractivity contribution in [1.29, 1.82) is 0 Å². The summed E-state index contributed by atoms with van der Waals surface area (Å²) in [6.07, 6.45) is 13.2. The van der Waals surface area contributed by atoms with E-state index in [9.17, 15) is 4.79 Å². The second kappa shape index (κ2) is 5.10. The number of carbonyl (C=O) groups excluding carboxylic acids is 1. The van der Waals surface area contributed by atoms with Gasteiger partial charge in [-0.05, 0) is 85.9 Å². The lowest BCUT2D eigenvalue weighted by atomic mass is 9.49. The summed E-state index contributed by atoms with van der Waals surface area (Å²) < 4.78 is 0. The molecule has 0 radical (unpaired) electrons. The van der Waals surface area contributed by atoms with Crippen LogP contribution in [0, 0.1) is 40.9 Å². The molecule has 118 valence electrons. The van der Waals surface area contributed by atoms with E-state index in [1.54, 1.807) is 0 Å². The summed E-state index contributed by atoms with van der Waals surface area (Å²) in [4.78, 5) is 11.8. The van der Waals surface area contributed by atoms with Crippen LogP contribution in [0.4, 0.5) is 0 Å². The summed E-state index contributed by atoms with van der Waals surface area (Å²) in [5.74, 6) is 6.23. The fraction of sp³-hybridized carbons (Fsp3) is 0.950. The van der Waals surface area contributed by atoms with Gasteiger partial charge in [0.15, 0.2) is 0 Å². The van der Waals surface area contributed by atoms with Gasteiger partial charge in [-0.1, -0.05) is 20.3 Å². The van der Waals surface area contributed by atoms with Gasteiger partial charge in [0, 0.05) is 12.8 Å². The summed E-state index contributed by atoms with van der Waals surface area (Å²) in [7, 11) is 0. The van der Waals surface area contributed by atoms with E-state index in [2.05, 4.69) is 13.8 Å². The number of rotatable bonds is 1. The van der Waals surface area contributed by atoms with E-state index in [-0.39, 0.29) is 0 Å². The highest BCUT2D eigenvalue weighted by atomic mass is 16.1. The summed E-state index contributed by atoms with van der Waals surface area (Å²) in [5, 5.41) is 0. The predicted octanol–water partition coefficient (Wildman–Crippen LogP) is 5.23. The monoisotopic (exact) mass is 288 g/mol. The fourth-order valence-corrected chi connectivity index (χ4v) is 7.44. The third-order valence-corrected chi connectivity index (χ3v) is 8.45. The summed E-state index contributed by atoms with van der Waals surface area (Å²) in [6.45, 7) is 5.04. The molecule has 0 unspecified atom stereocenters. The lowest BCUT2D eigenvalue weighted by Crippen LogP contribution is -2.48. The van der Waals surface area contributed by atoms with Crippen LogP contribution in [0.5, 0.6) is 0 Å². The van der Waals surface area contributed by atoms with Crippen molar-refractivity contribution in [2.24, 2.45) is 40.9 Å². The van der Waals surface area contributed by atoms with E-state index in [0.29, 0.717) is 11.2 Å². The first-order chi connectivity index (χ1) is 10.1. The summed E-state index contributed by atoms with van der Waals surface area (Å²) in [5.41, 5.74) is 0.660. The first-order valence-corrected chi connectivity index (χ1v) is 9.65. The van der Waals surface area contributed by atoms with Gasteiger partial charge >= 0.3 is 0 Å². The molecule has 0 aromatic carbocycles. The minimum Gasteiger partial charge on any atom is -0.300 e. The second-order valence-electron chi connectivity index (χ2n) is 8.94. The SMILES string of the molecule is CC[C@H]1CC[C@H]2[C@@H]3CC[C@@H]4CC(=O)CC[C@@H]4[C@H]3CC[C@]12C. The summed E-state index contributed by atoms with van der Waals surface area (Å²) >= 11 is 0. The minimum atomic E-state index is 0.558. The van der Waals surface area contributed by atoms with Crippen LogP contribution in [-0.4, -0.2) is 5.78 Å². The van der Waals surface area contributed by atoms with E-state index < -0.39 is 0 Å². The topological polar surface area (TPSA) is 17.1 Å². The number of ketones is 1. The van der Waals surface area contributed by atoms with Gasteiger partial charge in [0.2, 0.25) is 0 Å². The number of fused-ring (bicyclic) bond motifs is 5. The predicted molar refractivity (Wildman–Crippen MR) is 85.9 cm³/mol. The maximum absolute atomic E-state index is 11.8. The highest BCUT2D eigenvalue weighted by molar-refractivity contribution is 5.79. The van der Waals surface area contributed by atoms with Gasteiger partial charge in [0.25, 0.3) is 0 Å². The maximum atomic E-state index is 11.8. The van der Waals surface area contributed by atoms with Crippen molar-refractivity contribution < 1.29 is 4.79 Å². The van der Waals surface area contributed by atoms with Gasteiger partial charge in [0.1, 0.15) is 5.78 Å². The Hall–Kier alpha value is -0.330. The molecular weight excluding hydrogens is 256 g/mol. The van der Waals surface area contributed by atoms with Crippen LogP contribution in [-0.2, 0) is 4.79 Å². The normalized spacial score (nSPS) is 53.0. The number of Topliss-reactive ketones (excluding diaryl/α,β-unsaturated/α-hetero) is 1. The molecule has 1 heteroatoms. The fourth-order valence-electron chi connectivity index (χ4n) is 7.44. The highest BCUT2D eigenvalue weighted by Gasteiger charge is 2.56. The van der Waals surface area contributed by atoms with E-state index in [0.717, 1.165) is 48.3 Å². The molecular formula is C20H32O. The molecule has 0 heterocycles. The molecule has 4 fully saturated rings.